The third-order valence-corrected chi connectivity index (χ3v) is 3.68. The van der Waals surface area contributed by atoms with Crippen LogP contribution in [0.4, 0.5) is 0 Å². The van der Waals surface area contributed by atoms with Crippen LogP contribution in [0.2, 0.25) is 0 Å². The van der Waals surface area contributed by atoms with Crippen LogP contribution >= 0.6 is 11.8 Å². The first kappa shape index (κ1) is 12.6. The van der Waals surface area contributed by atoms with Crippen molar-refractivity contribution < 1.29 is 5.11 Å². The smallest absolute Gasteiger partial charge is 0.0709 e. The maximum atomic E-state index is 9.97. The molecule has 0 aliphatic heterocycles. The first-order chi connectivity index (χ1) is 7.14. The molecule has 1 N–H and O–H groups in total. The molecule has 1 nitrogen and oxygen atoms in total. The van der Waals surface area contributed by atoms with Crippen molar-refractivity contribution in [2.75, 3.05) is 5.75 Å². The maximum Gasteiger partial charge on any atom is 0.0709 e. The van der Waals surface area contributed by atoms with Crippen LogP contribution in [0, 0.1) is 0 Å². The Morgan fingerprint density at radius 2 is 1.93 bits per heavy atom. The number of aliphatic hydroxyl groups is 1. The fraction of sp³-hybridized carbons (Fsp3) is 0.538. The molecule has 0 amide bonds. The van der Waals surface area contributed by atoms with E-state index in [0.29, 0.717) is 0 Å². The fourth-order valence-corrected chi connectivity index (χ4v) is 2.69. The highest BCUT2D eigenvalue weighted by molar-refractivity contribution is 7.98. The summed E-state index contributed by atoms with van der Waals surface area (Å²) in [4.78, 5) is 0. The second-order valence-corrected chi connectivity index (χ2v) is 5.21. The van der Waals surface area contributed by atoms with E-state index < -0.39 is 5.60 Å². The van der Waals surface area contributed by atoms with E-state index in [2.05, 4.69) is 31.2 Å². The Morgan fingerprint density at radius 3 is 2.53 bits per heavy atom. The van der Waals surface area contributed by atoms with Gasteiger partial charge in [0.05, 0.1) is 5.60 Å². The highest BCUT2D eigenvalue weighted by Gasteiger charge is 2.18. The number of benzene rings is 1. The predicted octanol–water partition coefficient (Wildman–Crippen LogP) is 3.47. The molecule has 0 saturated heterocycles. The summed E-state index contributed by atoms with van der Waals surface area (Å²) in [6.45, 7) is 4.03. The molecule has 0 fully saturated rings. The van der Waals surface area contributed by atoms with E-state index in [0.717, 1.165) is 24.3 Å². The minimum atomic E-state index is -0.506. The Labute approximate surface area is 96.9 Å². The SMILES string of the molecule is CCC[C@](C)(O)CSCc1ccccc1. The molecule has 1 atom stereocenters. The largest absolute Gasteiger partial charge is 0.389 e. The molecular weight excluding hydrogens is 204 g/mol. The van der Waals surface area contributed by atoms with Crippen molar-refractivity contribution in [2.45, 2.75) is 38.0 Å². The van der Waals surface area contributed by atoms with Gasteiger partial charge in [0.1, 0.15) is 0 Å². The lowest BCUT2D eigenvalue weighted by Crippen LogP contribution is -2.26. The number of hydrogen-bond acceptors (Lipinski definition) is 2. The van der Waals surface area contributed by atoms with Crippen LogP contribution in [0.1, 0.15) is 32.3 Å². The van der Waals surface area contributed by atoms with Gasteiger partial charge in [0.25, 0.3) is 0 Å². The van der Waals surface area contributed by atoms with Crippen LogP contribution in [-0.2, 0) is 5.75 Å². The molecule has 0 heterocycles. The Balaban J connectivity index is 2.27. The molecule has 0 aliphatic rings. The van der Waals surface area contributed by atoms with Gasteiger partial charge in [0, 0.05) is 11.5 Å². The number of thioether (sulfide) groups is 1. The molecule has 0 aromatic heterocycles. The zero-order valence-electron chi connectivity index (χ0n) is 9.57. The lowest BCUT2D eigenvalue weighted by atomic mass is 10.0. The normalized spacial score (nSPS) is 14.9. The van der Waals surface area contributed by atoms with Crippen molar-refractivity contribution in [1.29, 1.82) is 0 Å². The highest BCUT2D eigenvalue weighted by Crippen LogP contribution is 2.21. The van der Waals surface area contributed by atoms with Gasteiger partial charge >= 0.3 is 0 Å². The van der Waals surface area contributed by atoms with Gasteiger partial charge in [0.15, 0.2) is 0 Å². The third kappa shape index (κ3) is 5.24. The Morgan fingerprint density at radius 1 is 1.27 bits per heavy atom. The van der Waals surface area contributed by atoms with Crippen LogP contribution in [0.15, 0.2) is 30.3 Å². The van der Waals surface area contributed by atoms with Gasteiger partial charge in [-0.15, -0.1) is 0 Å². The molecule has 2 heteroatoms. The van der Waals surface area contributed by atoms with Crippen LogP contribution in [0.25, 0.3) is 0 Å². The van der Waals surface area contributed by atoms with E-state index in [-0.39, 0.29) is 0 Å². The molecule has 1 aromatic carbocycles. The van der Waals surface area contributed by atoms with Gasteiger partial charge in [-0.2, -0.15) is 11.8 Å². The molecular formula is C13H20OS. The van der Waals surface area contributed by atoms with Gasteiger partial charge < -0.3 is 5.11 Å². The van der Waals surface area contributed by atoms with Crippen molar-refractivity contribution in [3.63, 3.8) is 0 Å². The van der Waals surface area contributed by atoms with Crippen LogP contribution in [0.3, 0.4) is 0 Å². The van der Waals surface area contributed by atoms with Gasteiger partial charge in [-0.25, -0.2) is 0 Å². The first-order valence-electron chi connectivity index (χ1n) is 5.48. The Bertz CT molecular complexity index is 269. The summed E-state index contributed by atoms with van der Waals surface area (Å²) in [6, 6.07) is 10.4. The van der Waals surface area contributed by atoms with Crippen LogP contribution < -0.4 is 0 Å². The second-order valence-electron chi connectivity index (χ2n) is 4.23. The second kappa shape index (κ2) is 6.19. The minimum Gasteiger partial charge on any atom is -0.389 e. The molecule has 0 bridgehead atoms. The number of hydrogen-bond donors (Lipinski definition) is 1. The predicted molar refractivity (Wildman–Crippen MR) is 68.1 cm³/mol. The molecule has 0 unspecified atom stereocenters. The van der Waals surface area contributed by atoms with E-state index >= 15 is 0 Å². The summed E-state index contributed by atoms with van der Waals surface area (Å²) in [7, 11) is 0. The molecule has 84 valence electrons. The molecule has 1 aromatic rings. The minimum absolute atomic E-state index is 0.506. The van der Waals surface area contributed by atoms with Crippen LogP contribution in [-0.4, -0.2) is 16.5 Å². The van der Waals surface area contributed by atoms with E-state index in [1.54, 1.807) is 11.8 Å². The van der Waals surface area contributed by atoms with E-state index in [4.69, 9.17) is 0 Å². The van der Waals surface area contributed by atoms with Crippen LogP contribution in [0.5, 0.6) is 0 Å². The van der Waals surface area contributed by atoms with Gasteiger partial charge in [0.2, 0.25) is 0 Å². The fourth-order valence-electron chi connectivity index (χ4n) is 1.57. The number of rotatable bonds is 6. The molecule has 15 heavy (non-hydrogen) atoms. The van der Waals surface area contributed by atoms with E-state index in [1.165, 1.54) is 5.56 Å². The standard InChI is InChI=1S/C13H20OS/c1-3-9-13(2,14)11-15-10-12-7-5-4-6-8-12/h4-8,14H,3,9-11H2,1-2H3/t13-/m0/s1. The Kier molecular flexibility index (Phi) is 5.20. The zero-order valence-corrected chi connectivity index (χ0v) is 10.4. The molecule has 1 rings (SSSR count). The topological polar surface area (TPSA) is 20.2 Å². The maximum absolute atomic E-state index is 9.97. The molecule has 0 spiro atoms. The van der Waals surface area contributed by atoms with Crippen molar-refractivity contribution >= 4 is 11.8 Å². The summed E-state index contributed by atoms with van der Waals surface area (Å²) >= 11 is 1.80. The average Bonchev–Trinajstić information content (AvgIpc) is 2.19. The summed E-state index contributed by atoms with van der Waals surface area (Å²) in [5, 5.41) is 9.97. The van der Waals surface area contributed by atoms with Gasteiger partial charge in [-0.1, -0.05) is 43.7 Å². The van der Waals surface area contributed by atoms with Crippen molar-refractivity contribution in [1.82, 2.24) is 0 Å². The summed E-state index contributed by atoms with van der Waals surface area (Å²) < 4.78 is 0. The highest BCUT2D eigenvalue weighted by atomic mass is 32.2. The lowest BCUT2D eigenvalue weighted by Gasteiger charge is -2.21. The zero-order chi connectivity index (χ0) is 11.1. The summed E-state index contributed by atoms with van der Waals surface area (Å²) in [5.41, 5.74) is 0.823. The summed E-state index contributed by atoms with van der Waals surface area (Å²) in [5.74, 6) is 1.80. The van der Waals surface area contributed by atoms with Gasteiger partial charge in [-0.05, 0) is 18.9 Å². The Hall–Kier alpha value is -0.470. The lowest BCUT2D eigenvalue weighted by molar-refractivity contribution is 0.0753. The quantitative estimate of drug-likeness (QED) is 0.798. The molecule has 0 aliphatic carbocycles. The third-order valence-electron chi connectivity index (χ3n) is 2.31. The van der Waals surface area contributed by atoms with E-state index in [1.807, 2.05) is 13.0 Å². The summed E-state index contributed by atoms with van der Waals surface area (Å²) in [6.07, 6.45) is 1.92. The van der Waals surface area contributed by atoms with Crippen molar-refractivity contribution in [3.8, 4) is 0 Å². The average molecular weight is 224 g/mol. The molecule has 0 saturated carbocycles. The molecule has 0 radical (unpaired) electrons. The first-order valence-corrected chi connectivity index (χ1v) is 6.63. The van der Waals surface area contributed by atoms with E-state index in [9.17, 15) is 5.11 Å². The van der Waals surface area contributed by atoms with Gasteiger partial charge in [-0.3, -0.25) is 0 Å². The van der Waals surface area contributed by atoms with Crippen molar-refractivity contribution in [2.24, 2.45) is 0 Å². The monoisotopic (exact) mass is 224 g/mol. The van der Waals surface area contributed by atoms with Crippen molar-refractivity contribution in [3.05, 3.63) is 35.9 Å².